The SMILES string of the molecule is COc1ccc(C/C(=C/F)CN)cc1OC.Cl. The van der Waals surface area contributed by atoms with Crippen molar-refractivity contribution in [2.75, 3.05) is 20.8 Å². The molecule has 17 heavy (non-hydrogen) atoms. The molecule has 0 atom stereocenters. The van der Waals surface area contributed by atoms with E-state index in [-0.39, 0.29) is 19.0 Å². The van der Waals surface area contributed by atoms with Crippen LogP contribution in [0.5, 0.6) is 11.5 Å². The largest absolute Gasteiger partial charge is 0.493 e. The maximum absolute atomic E-state index is 12.4. The molecule has 0 aliphatic rings. The van der Waals surface area contributed by atoms with Crippen LogP contribution in [-0.2, 0) is 6.42 Å². The van der Waals surface area contributed by atoms with E-state index >= 15 is 0 Å². The van der Waals surface area contributed by atoms with Gasteiger partial charge in [-0.15, -0.1) is 12.4 Å². The van der Waals surface area contributed by atoms with Gasteiger partial charge < -0.3 is 15.2 Å². The second kappa shape index (κ2) is 7.92. The molecule has 0 radical (unpaired) electrons. The Labute approximate surface area is 107 Å². The molecule has 0 aromatic heterocycles. The Morgan fingerprint density at radius 3 is 2.41 bits per heavy atom. The van der Waals surface area contributed by atoms with Crippen LogP contribution in [-0.4, -0.2) is 20.8 Å². The number of nitrogens with two attached hydrogens (primary N) is 1. The Kier molecular flexibility index (Phi) is 7.34. The van der Waals surface area contributed by atoms with Crippen molar-refractivity contribution >= 4 is 12.4 Å². The number of benzene rings is 1. The lowest BCUT2D eigenvalue weighted by Crippen LogP contribution is -2.05. The van der Waals surface area contributed by atoms with Gasteiger partial charge >= 0.3 is 0 Å². The smallest absolute Gasteiger partial charge is 0.160 e. The lowest BCUT2D eigenvalue weighted by molar-refractivity contribution is 0.354. The fourth-order valence-corrected chi connectivity index (χ4v) is 1.41. The molecule has 0 amide bonds. The van der Waals surface area contributed by atoms with Crippen molar-refractivity contribution in [3.8, 4) is 11.5 Å². The molecule has 2 N–H and O–H groups in total. The van der Waals surface area contributed by atoms with Crippen molar-refractivity contribution in [1.82, 2.24) is 0 Å². The van der Waals surface area contributed by atoms with Crippen LogP contribution in [0, 0.1) is 0 Å². The predicted octanol–water partition coefficient (Wildman–Crippen LogP) is 2.48. The lowest BCUT2D eigenvalue weighted by Gasteiger charge is -2.10. The average Bonchev–Trinajstić information content (AvgIpc) is 2.35. The van der Waals surface area contributed by atoms with E-state index in [1.807, 2.05) is 12.1 Å². The van der Waals surface area contributed by atoms with Crippen LogP contribution in [0.15, 0.2) is 30.1 Å². The van der Waals surface area contributed by atoms with Crippen LogP contribution in [0.4, 0.5) is 4.39 Å². The van der Waals surface area contributed by atoms with Gasteiger partial charge in [0.05, 0.1) is 20.5 Å². The molecule has 0 spiro atoms. The first kappa shape index (κ1) is 15.7. The monoisotopic (exact) mass is 261 g/mol. The summed E-state index contributed by atoms with van der Waals surface area (Å²) in [6, 6.07) is 5.47. The number of halogens is 2. The van der Waals surface area contributed by atoms with Gasteiger partial charge in [-0.3, -0.25) is 0 Å². The minimum Gasteiger partial charge on any atom is -0.493 e. The number of ether oxygens (including phenoxy) is 2. The van der Waals surface area contributed by atoms with Gasteiger partial charge in [-0.25, -0.2) is 4.39 Å². The molecule has 1 rings (SSSR count). The first-order valence-corrected chi connectivity index (χ1v) is 4.94. The Balaban J connectivity index is 0.00000256. The molecule has 0 heterocycles. The fraction of sp³-hybridized carbons (Fsp3) is 0.333. The molecular weight excluding hydrogens is 245 g/mol. The van der Waals surface area contributed by atoms with E-state index in [9.17, 15) is 4.39 Å². The molecule has 1 aromatic rings. The van der Waals surface area contributed by atoms with Crippen molar-refractivity contribution in [1.29, 1.82) is 0 Å². The van der Waals surface area contributed by atoms with Crippen LogP contribution < -0.4 is 15.2 Å². The predicted molar refractivity (Wildman–Crippen MR) is 68.7 cm³/mol. The Hall–Kier alpha value is -1.26. The molecule has 0 saturated carbocycles. The van der Waals surface area contributed by atoms with Gasteiger partial charge in [0.1, 0.15) is 0 Å². The number of hydrogen-bond acceptors (Lipinski definition) is 3. The number of rotatable bonds is 5. The highest BCUT2D eigenvalue weighted by Crippen LogP contribution is 2.28. The van der Waals surface area contributed by atoms with E-state index in [2.05, 4.69) is 0 Å². The summed E-state index contributed by atoms with van der Waals surface area (Å²) < 4.78 is 22.6. The van der Waals surface area contributed by atoms with E-state index in [1.165, 1.54) is 0 Å². The highest BCUT2D eigenvalue weighted by atomic mass is 35.5. The topological polar surface area (TPSA) is 44.5 Å². The summed E-state index contributed by atoms with van der Waals surface area (Å²) in [7, 11) is 3.14. The van der Waals surface area contributed by atoms with Crippen LogP contribution in [0.25, 0.3) is 0 Å². The minimum absolute atomic E-state index is 0. The summed E-state index contributed by atoms with van der Waals surface area (Å²) in [4.78, 5) is 0. The molecular formula is C12H17ClFNO2. The maximum atomic E-state index is 12.4. The zero-order valence-corrected chi connectivity index (χ0v) is 10.7. The van der Waals surface area contributed by atoms with Crippen LogP contribution >= 0.6 is 12.4 Å². The molecule has 0 aliphatic heterocycles. The van der Waals surface area contributed by atoms with Crippen LogP contribution in [0.2, 0.25) is 0 Å². The maximum Gasteiger partial charge on any atom is 0.160 e. The zero-order chi connectivity index (χ0) is 12.0. The highest BCUT2D eigenvalue weighted by Gasteiger charge is 2.05. The quantitative estimate of drug-likeness (QED) is 0.886. The highest BCUT2D eigenvalue weighted by molar-refractivity contribution is 5.85. The zero-order valence-electron chi connectivity index (χ0n) is 9.90. The summed E-state index contributed by atoms with van der Waals surface area (Å²) in [5.41, 5.74) is 6.88. The van der Waals surface area contributed by atoms with E-state index < -0.39 is 0 Å². The van der Waals surface area contributed by atoms with Crippen LogP contribution in [0.1, 0.15) is 5.56 Å². The minimum atomic E-state index is 0. The van der Waals surface area contributed by atoms with Gasteiger partial charge in [-0.1, -0.05) is 6.07 Å². The van der Waals surface area contributed by atoms with E-state index in [4.69, 9.17) is 15.2 Å². The molecule has 1 aromatic carbocycles. The lowest BCUT2D eigenvalue weighted by atomic mass is 10.1. The van der Waals surface area contributed by atoms with Crippen LogP contribution in [0.3, 0.4) is 0 Å². The first-order valence-electron chi connectivity index (χ1n) is 4.94. The molecule has 5 heteroatoms. The van der Waals surface area contributed by atoms with Gasteiger partial charge in [-0.2, -0.15) is 0 Å². The summed E-state index contributed by atoms with van der Waals surface area (Å²) in [5.74, 6) is 1.29. The molecule has 0 unspecified atom stereocenters. The Morgan fingerprint density at radius 2 is 1.94 bits per heavy atom. The third-order valence-electron chi connectivity index (χ3n) is 2.30. The first-order chi connectivity index (χ1) is 7.74. The Bertz CT molecular complexity index is 383. The Morgan fingerprint density at radius 1 is 1.29 bits per heavy atom. The molecule has 96 valence electrons. The molecule has 0 aliphatic carbocycles. The van der Waals surface area contributed by atoms with Gasteiger partial charge in [0.15, 0.2) is 11.5 Å². The van der Waals surface area contributed by atoms with Crippen molar-refractivity contribution in [3.05, 3.63) is 35.7 Å². The van der Waals surface area contributed by atoms with Gasteiger partial charge in [0, 0.05) is 6.54 Å². The summed E-state index contributed by atoms with van der Waals surface area (Å²) in [6.45, 7) is 0.213. The second-order valence-corrected chi connectivity index (χ2v) is 3.34. The molecule has 0 saturated heterocycles. The van der Waals surface area contributed by atoms with Crippen molar-refractivity contribution < 1.29 is 13.9 Å². The van der Waals surface area contributed by atoms with Crippen molar-refractivity contribution in [2.24, 2.45) is 5.73 Å². The normalized spacial score (nSPS) is 10.7. The summed E-state index contributed by atoms with van der Waals surface area (Å²) in [5, 5.41) is 0. The molecule has 0 bridgehead atoms. The third kappa shape index (κ3) is 4.24. The van der Waals surface area contributed by atoms with Gasteiger partial charge in [0.25, 0.3) is 0 Å². The van der Waals surface area contributed by atoms with Crippen molar-refractivity contribution in [2.45, 2.75) is 6.42 Å². The van der Waals surface area contributed by atoms with E-state index in [0.717, 1.165) is 5.56 Å². The van der Waals surface area contributed by atoms with Gasteiger partial charge in [0.2, 0.25) is 0 Å². The third-order valence-corrected chi connectivity index (χ3v) is 2.30. The standard InChI is InChI=1S/C12H16FNO2.ClH/c1-15-11-4-3-9(6-12(11)16-2)5-10(7-13)8-14;/h3-4,6-7H,5,8,14H2,1-2H3;1H/b10-7-;. The van der Waals surface area contributed by atoms with Crippen molar-refractivity contribution in [3.63, 3.8) is 0 Å². The molecule has 3 nitrogen and oxygen atoms in total. The fourth-order valence-electron chi connectivity index (χ4n) is 1.41. The number of methoxy groups -OCH3 is 2. The summed E-state index contributed by atoms with van der Waals surface area (Å²) in [6.07, 6.45) is 1.03. The van der Waals surface area contributed by atoms with Gasteiger partial charge in [-0.05, 0) is 29.7 Å². The molecule has 0 fully saturated rings. The summed E-state index contributed by atoms with van der Waals surface area (Å²) >= 11 is 0. The van der Waals surface area contributed by atoms with E-state index in [0.29, 0.717) is 29.8 Å². The average molecular weight is 262 g/mol. The second-order valence-electron chi connectivity index (χ2n) is 3.34. The number of hydrogen-bond donors (Lipinski definition) is 1. The van der Waals surface area contributed by atoms with E-state index in [1.54, 1.807) is 20.3 Å².